The lowest BCUT2D eigenvalue weighted by molar-refractivity contribution is -0.135. The molecule has 16 heteroatoms. The molecule has 3 aliphatic heterocycles. The van der Waals surface area contributed by atoms with Gasteiger partial charge >= 0.3 is 5.97 Å². The Labute approximate surface area is 337 Å². The van der Waals surface area contributed by atoms with E-state index in [0.29, 0.717) is 85.8 Å². The molecule has 0 spiro atoms. The minimum atomic E-state index is -0.383. The van der Waals surface area contributed by atoms with Gasteiger partial charge in [-0.2, -0.15) is 5.10 Å². The van der Waals surface area contributed by atoms with E-state index in [0.717, 1.165) is 50.2 Å². The molecular formula is C42H50N10O6. The van der Waals surface area contributed by atoms with Crippen LogP contribution < -0.4 is 30.3 Å². The fourth-order valence-corrected chi connectivity index (χ4v) is 8.72. The molecule has 8 rings (SSSR count). The summed E-state index contributed by atoms with van der Waals surface area (Å²) >= 11 is 0. The molecule has 1 aliphatic carbocycles. The molecule has 16 nitrogen and oxygen atoms in total. The first kappa shape index (κ1) is 39.0. The maximum Gasteiger partial charge on any atom is 0.311 e. The number of aromatic nitrogens is 4. The van der Waals surface area contributed by atoms with E-state index < -0.39 is 0 Å². The van der Waals surface area contributed by atoms with Crippen LogP contribution in [0, 0.1) is 0 Å². The number of hydrogen-bond donors (Lipinski definition) is 2. The average Bonchev–Trinajstić information content (AvgIpc) is 3.71. The highest BCUT2D eigenvalue weighted by molar-refractivity contribution is 6.02. The Bertz CT molecular complexity index is 2180. The van der Waals surface area contributed by atoms with Gasteiger partial charge in [-0.1, -0.05) is 24.3 Å². The average molecular weight is 791 g/mol. The number of amides is 3. The van der Waals surface area contributed by atoms with E-state index in [1.54, 1.807) is 40.2 Å². The van der Waals surface area contributed by atoms with Gasteiger partial charge in [-0.05, 0) is 94.9 Å². The first-order chi connectivity index (χ1) is 28.1. The molecule has 0 radical (unpaired) electrons. The highest BCUT2D eigenvalue weighted by Gasteiger charge is 2.38. The van der Waals surface area contributed by atoms with Crippen molar-refractivity contribution in [1.29, 1.82) is 0 Å². The van der Waals surface area contributed by atoms with Gasteiger partial charge in [0.15, 0.2) is 5.82 Å². The Kier molecular flexibility index (Phi) is 11.4. The Morgan fingerprint density at radius 1 is 0.983 bits per heavy atom. The lowest BCUT2D eigenvalue weighted by Crippen LogP contribution is -2.54. The summed E-state index contributed by atoms with van der Waals surface area (Å²) < 4.78 is 13.6. The summed E-state index contributed by atoms with van der Waals surface area (Å²) in [5.41, 5.74) is 10.6. The summed E-state index contributed by atoms with van der Waals surface area (Å²) in [5.74, 6) is 0.935. The lowest BCUT2D eigenvalue weighted by atomic mass is 9.80. The van der Waals surface area contributed by atoms with Crippen LogP contribution in [0.3, 0.4) is 0 Å². The van der Waals surface area contributed by atoms with Crippen molar-refractivity contribution in [2.75, 3.05) is 69.0 Å². The molecule has 1 atom stereocenters. The quantitative estimate of drug-likeness (QED) is 0.128. The predicted octanol–water partition coefficient (Wildman–Crippen LogP) is 3.54. The van der Waals surface area contributed by atoms with Crippen molar-refractivity contribution in [1.82, 2.24) is 35.1 Å². The molecule has 304 valence electrons. The predicted molar refractivity (Wildman–Crippen MR) is 217 cm³/mol. The van der Waals surface area contributed by atoms with E-state index in [9.17, 15) is 19.2 Å². The highest BCUT2D eigenvalue weighted by atomic mass is 16.5. The topological polar surface area (TPSA) is 181 Å². The molecule has 1 saturated carbocycles. The monoisotopic (exact) mass is 790 g/mol. The third-order valence-corrected chi connectivity index (χ3v) is 11.7. The van der Waals surface area contributed by atoms with Crippen molar-refractivity contribution in [2.24, 2.45) is 0 Å². The molecular weight excluding hydrogens is 741 g/mol. The molecule has 3 N–H and O–H groups in total. The highest BCUT2D eigenvalue weighted by Crippen LogP contribution is 2.45. The van der Waals surface area contributed by atoms with Crippen molar-refractivity contribution in [3.63, 3.8) is 0 Å². The first-order valence-electron chi connectivity index (χ1n) is 20.2. The second-order valence-corrected chi connectivity index (χ2v) is 15.7. The van der Waals surface area contributed by atoms with Crippen LogP contribution in [0.1, 0.15) is 62.8 Å². The number of rotatable bonds is 11. The van der Waals surface area contributed by atoms with E-state index >= 15 is 0 Å². The molecule has 2 aromatic carbocycles. The van der Waals surface area contributed by atoms with Gasteiger partial charge in [0.05, 0.1) is 42.6 Å². The number of esters is 1. The SMILES string of the molecule is CN(C)CCCC(=O)Oc1ccccc1-c1cc(-n2cc(N3CCN(C4CCC(c5cccc6c5OCCN6[C@H]5CCC(=O)NC5=O)CC4)CC3=O)cn2)c(N)nn1. The minimum Gasteiger partial charge on any atom is -0.489 e. The van der Waals surface area contributed by atoms with Gasteiger partial charge in [0.25, 0.3) is 0 Å². The molecule has 3 amide bonds. The zero-order chi connectivity index (χ0) is 40.3. The van der Waals surface area contributed by atoms with Crippen LogP contribution in [0.15, 0.2) is 60.9 Å². The lowest BCUT2D eigenvalue weighted by Gasteiger charge is -2.42. The number of piperazine rings is 1. The third-order valence-electron chi connectivity index (χ3n) is 11.7. The normalized spacial score (nSPS) is 21.4. The van der Waals surface area contributed by atoms with Gasteiger partial charge < -0.3 is 29.9 Å². The molecule has 2 aromatic heterocycles. The Hall–Kier alpha value is -5.87. The van der Waals surface area contributed by atoms with E-state index in [-0.39, 0.29) is 42.0 Å². The number of carbonyl (C=O) groups excluding carboxylic acids is 4. The fraction of sp³-hybridized carbons (Fsp3) is 0.452. The number of carbonyl (C=O) groups is 4. The van der Waals surface area contributed by atoms with Gasteiger partial charge in [-0.15, -0.1) is 10.2 Å². The smallest absolute Gasteiger partial charge is 0.311 e. The minimum absolute atomic E-state index is 0.00910. The molecule has 3 fully saturated rings. The van der Waals surface area contributed by atoms with Gasteiger partial charge in [-0.3, -0.25) is 29.4 Å². The van der Waals surface area contributed by atoms with Crippen molar-refractivity contribution < 1.29 is 28.7 Å². The number of nitrogens with zero attached hydrogens (tertiary/aromatic N) is 8. The summed E-state index contributed by atoms with van der Waals surface area (Å²) in [5, 5.41) is 15.5. The van der Waals surface area contributed by atoms with Gasteiger partial charge in [0, 0.05) is 37.5 Å². The van der Waals surface area contributed by atoms with Crippen molar-refractivity contribution in [2.45, 2.75) is 69.4 Å². The second kappa shape index (κ2) is 16.9. The van der Waals surface area contributed by atoms with Crippen molar-refractivity contribution in [3.05, 3.63) is 66.5 Å². The molecule has 0 unspecified atom stereocenters. The number of imide groups is 1. The summed E-state index contributed by atoms with van der Waals surface area (Å²) in [7, 11) is 3.92. The fourth-order valence-electron chi connectivity index (χ4n) is 8.72. The first-order valence-corrected chi connectivity index (χ1v) is 20.2. The van der Waals surface area contributed by atoms with E-state index in [1.165, 1.54) is 5.56 Å². The number of para-hydroxylation sites is 2. The number of nitrogens with two attached hydrogens (primary N) is 1. The van der Waals surface area contributed by atoms with E-state index in [1.807, 2.05) is 43.3 Å². The summed E-state index contributed by atoms with van der Waals surface area (Å²) in [6.45, 7) is 3.45. The summed E-state index contributed by atoms with van der Waals surface area (Å²) in [4.78, 5) is 59.0. The molecule has 58 heavy (non-hydrogen) atoms. The molecule has 4 aromatic rings. The number of benzene rings is 2. The van der Waals surface area contributed by atoms with E-state index in [2.05, 4.69) is 36.5 Å². The molecule has 2 saturated heterocycles. The maximum absolute atomic E-state index is 13.7. The van der Waals surface area contributed by atoms with E-state index in [4.69, 9.17) is 15.2 Å². The largest absolute Gasteiger partial charge is 0.489 e. The van der Waals surface area contributed by atoms with Crippen LogP contribution in [-0.4, -0.2) is 119 Å². The van der Waals surface area contributed by atoms with Gasteiger partial charge in [0.2, 0.25) is 17.7 Å². The third kappa shape index (κ3) is 8.25. The molecule has 4 aliphatic rings. The Balaban J connectivity index is 0.888. The van der Waals surface area contributed by atoms with Crippen LogP contribution in [0.4, 0.5) is 17.2 Å². The summed E-state index contributed by atoms with van der Waals surface area (Å²) in [6.07, 6.45) is 9.11. The number of piperidine rings is 1. The number of fused-ring (bicyclic) bond motifs is 1. The number of nitrogens with one attached hydrogen (secondary N) is 1. The number of anilines is 3. The number of ether oxygens (including phenoxy) is 2. The summed E-state index contributed by atoms with van der Waals surface area (Å²) in [6, 6.07) is 15.0. The van der Waals surface area contributed by atoms with Crippen LogP contribution in [-0.2, 0) is 19.2 Å². The Morgan fingerprint density at radius 3 is 2.60 bits per heavy atom. The number of nitrogen functional groups attached to an aromatic ring is 1. The number of hydrogen-bond acceptors (Lipinski definition) is 13. The van der Waals surface area contributed by atoms with Gasteiger partial charge in [0.1, 0.15) is 29.8 Å². The molecule has 5 heterocycles. The standard InChI is InChI=1S/C42H50N10O6/c1-48(2)18-6-11-39(55)58-36-10-4-3-7-31(36)32-23-35(41(43)47-46-32)52-25-29(24-44-52)50-20-19-49(26-38(50)54)28-14-12-27(13-15-28)30-8-5-9-33-40(30)57-22-21-51(33)34-16-17-37(53)45-42(34)56/h3-5,7-10,23-25,27-28,34H,6,11-22,26H2,1-2H3,(H2,43,47)(H,45,53,56)/t27?,28?,34-/m0/s1. The zero-order valence-corrected chi connectivity index (χ0v) is 33.0. The second-order valence-electron chi connectivity index (χ2n) is 15.7. The maximum atomic E-state index is 13.7. The van der Waals surface area contributed by atoms with Crippen molar-refractivity contribution in [3.8, 4) is 28.4 Å². The zero-order valence-electron chi connectivity index (χ0n) is 33.0. The van der Waals surface area contributed by atoms with Gasteiger partial charge in [-0.25, -0.2) is 4.68 Å². The Morgan fingerprint density at radius 2 is 1.81 bits per heavy atom. The van der Waals surface area contributed by atoms with Crippen molar-refractivity contribution >= 4 is 40.9 Å². The van der Waals surface area contributed by atoms with Crippen LogP contribution >= 0.6 is 0 Å². The molecule has 0 bridgehead atoms. The van der Waals surface area contributed by atoms with Crippen LogP contribution in [0.2, 0.25) is 0 Å². The van der Waals surface area contributed by atoms with Crippen LogP contribution in [0.25, 0.3) is 16.9 Å². The van der Waals surface area contributed by atoms with Crippen LogP contribution in [0.5, 0.6) is 11.5 Å².